The first-order chi connectivity index (χ1) is 8.20. The largest absolute Gasteiger partial charge is 0.479 e. The number of carbonyl (C=O) groups is 1. The molecular formula is C13H23NO3. The first kappa shape index (κ1) is 12.8. The molecule has 2 unspecified atom stereocenters. The average Bonchev–Trinajstić information content (AvgIpc) is 3.04. The van der Waals surface area contributed by atoms with Crippen LogP contribution in [0.4, 0.5) is 0 Å². The van der Waals surface area contributed by atoms with Gasteiger partial charge in [-0.2, -0.15) is 0 Å². The van der Waals surface area contributed by atoms with Gasteiger partial charge in [-0.05, 0) is 38.6 Å². The molecule has 0 radical (unpaired) electrons. The Labute approximate surface area is 103 Å². The molecule has 2 fully saturated rings. The Bertz CT molecular complexity index is 265. The van der Waals surface area contributed by atoms with Crippen molar-refractivity contribution in [1.82, 2.24) is 4.90 Å². The number of unbranched alkanes of at least 4 members (excludes halogenated alkanes) is 1. The van der Waals surface area contributed by atoms with Crippen LogP contribution in [0.15, 0.2) is 0 Å². The maximum Gasteiger partial charge on any atom is 0.332 e. The third-order valence-electron chi connectivity index (χ3n) is 3.68. The number of nitrogens with zero attached hydrogens (tertiary/aromatic N) is 1. The normalized spacial score (nSPS) is 28.8. The van der Waals surface area contributed by atoms with Crippen LogP contribution < -0.4 is 0 Å². The van der Waals surface area contributed by atoms with Crippen molar-refractivity contribution in [3.05, 3.63) is 0 Å². The van der Waals surface area contributed by atoms with Gasteiger partial charge in [0.15, 0.2) is 6.10 Å². The average molecular weight is 241 g/mol. The summed E-state index contributed by atoms with van der Waals surface area (Å²) in [6, 6.07) is 0.744. The molecule has 2 rings (SSSR count). The summed E-state index contributed by atoms with van der Waals surface area (Å²) >= 11 is 0. The topological polar surface area (TPSA) is 49.8 Å². The van der Waals surface area contributed by atoms with E-state index in [1.54, 1.807) is 0 Å². The van der Waals surface area contributed by atoms with Crippen molar-refractivity contribution in [2.45, 2.75) is 63.7 Å². The van der Waals surface area contributed by atoms with Gasteiger partial charge >= 0.3 is 5.97 Å². The first-order valence-electron chi connectivity index (χ1n) is 6.83. The molecular weight excluding hydrogens is 218 g/mol. The van der Waals surface area contributed by atoms with Gasteiger partial charge in [0.25, 0.3) is 0 Å². The van der Waals surface area contributed by atoms with Crippen LogP contribution in [-0.4, -0.2) is 47.3 Å². The van der Waals surface area contributed by atoms with Gasteiger partial charge in [0, 0.05) is 12.6 Å². The van der Waals surface area contributed by atoms with E-state index in [2.05, 4.69) is 11.8 Å². The lowest BCUT2D eigenvalue weighted by Gasteiger charge is -2.25. The van der Waals surface area contributed by atoms with Gasteiger partial charge in [-0.25, -0.2) is 4.79 Å². The predicted molar refractivity (Wildman–Crippen MR) is 65.0 cm³/mol. The maximum atomic E-state index is 10.8. The Kier molecular flexibility index (Phi) is 4.40. The lowest BCUT2D eigenvalue weighted by atomic mass is 10.2. The molecule has 4 nitrogen and oxygen atoms in total. The molecule has 0 aromatic heterocycles. The number of carboxylic acids is 1. The molecule has 2 aliphatic rings. The van der Waals surface area contributed by atoms with E-state index in [4.69, 9.17) is 9.84 Å². The fourth-order valence-electron chi connectivity index (χ4n) is 2.51. The lowest BCUT2D eigenvalue weighted by molar-refractivity contribution is -0.149. The van der Waals surface area contributed by atoms with Gasteiger partial charge < -0.3 is 9.84 Å². The van der Waals surface area contributed by atoms with Crippen LogP contribution in [-0.2, 0) is 9.53 Å². The van der Waals surface area contributed by atoms with Crippen LogP contribution in [0.2, 0.25) is 0 Å². The van der Waals surface area contributed by atoms with E-state index in [0.717, 1.165) is 25.6 Å². The summed E-state index contributed by atoms with van der Waals surface area (Å²) < 4.78 is 5.57. The summed E-state index contributed by atoms with van der Waals surface area (Å²) in [7, 11) is 0. The standard InChI is InChI=1S/C13H23NO3/c1-2-3-8-14(10-4-5-10)9-11-6-7-12(17-11)13(15)16/h10-12H,2-9H2,1H3,(H,15,16). The lowest BCUT2D eigenvalue weighted by Crippen LogP contribution is -2.35. The summed E-state index contributed by atoms with van der Waals surface area (Å²) in [6.07, 6.45) is 6.19. The number of rotatable bonds is 7. The molecule has 1 heterocycles. The zero-order chi connectivity index (χ0) is 12.3. The van der Waals surface area contributed by atoms with E-state index < -0.39 is 12.1 Å². The van der Waals surface area contributed by atoms with Crippen LogP contribution in [0.3, 0.4) is 0 Å². The SMILES string of the molecule is CCCCN(CC1CCC(C(=O)O)O1)C1CC1. The molecule has 1 aliphatic heterocycles. The number of carboxylic acid groups (broad SMARTS) is 1. The zero-order valence-electron chi connectivity index (χ0n) is 10.6. The van der Waals surface area contributed by atoms with Crippen molar-refractivity contribution < 1.29 is 14.6 Å². The molecule has 17 heavy (non-hydrogen) atoms. The Morgan fingerprint density at radius 3 is 2.65 bits per heavy atom. The third-order valence-corrected chi connectivity index (χ3v) is 3.68. The van der Waals surface area contributed by atoms with E-state index in [1.165, 1.54) is 25.7 Å². The summed E-state index contributed by atoms with van der Waals surface area (Å²) in [5.74, 6) is -0.806. The zero-order valence-corrected chi connectivity index (χ0v) is 10.6. The third kappa shape index (κ3) is 3.68. The summed E-state index contributed by atoms with van der Waals surface area (Å²) in [5.41, 5.74) is 0. The number of hydrogen-bond acceptors (Lipinski definition) is 3. The number of ether oxygens (including phenoxy) is 1. The molecule has 2 atom stereocenters. The van der Waals surface area contributed by atoms with Gasteiger partial charge in [0.1, 0.15) is 0 Å². The smallest absolute Gasteiger partial charge is 0.332 e. The highest BCUT2D eigenvalue weighted by atomic mass is 16.5. The van der Waals surface area contributed by atoms with Crippen molar-refractivity contribution in [2.75, 3.05) is 13.1 Å². The van der Waals surface area contributed by atoms with Gasteiger partial charge in [0.05, 0.1) is 6.10 Å². The second kappa shape index (κ2) is 5.83. The van der Waals surface area contributed by atoms with Gasteiger partial charge in [-0.15, -0.1) is 0 Å². The number of aliphatic carboxylic acids is 1. The maximum absolute atomic E-state index is 10.8. The van der Waals surface area contributed by atoms with E-state index >= 15 is 0 Å². The number of hydrogen-bond donors (Lipinski definition) is 1. The van der Waals surface area contributed by atoms with Crippen LogP contribution >= 0.6 is 0 Å². The Morgan fingerprint density at radius 1 is 1.35 bits per heavy atom. The molecule has 0 amide bonds. The fourth-order valence-corrected chi connectivity index (χ4v) is 2.51. The van der Waals surface area contributed by atoms with Gasteiger partial charge in [-0.1, -0.05) is 13.3 Å². The van der Waals surface area contributed by atoms with Crippen LogP contribution in [0, 0.1) is 0 Å². The second-order valence-electron chi connectivity index (χ2n) is 5.24. The molecule has 98 valence electrons. The molecule has 1 aliphatic carbocycles. The summed E-state index contributed by atoms with van der Waals surface area (Å²) in [5, 5.41) is 8.89. The van der Waals surface area contributed by atoms with Crippen LogP contribution in [0.1, 0.15) is 45.4 Å². The van der Waals surface area contributed by atoms with E-state index in [1.807, 2.05) is 0 Å². The van der Waals surface area contributed by atoms with Crippen molar-refractivity contribution in [3.8, 4) is 0 Å². The van der Waals surface area contributed by atoms with Crippen molar-refractivity contribution in [1.29, 1.82) is 0 Å². The predicted octanol–water partition coefficient (Wildman–Crippen LogP) is 1.88. The summed E-state index contributed by atoms with van der Waals surface area (Å²) in [6.45, 7) is 4.27. The van der Waals surface area contributed by atoms with E-state index in [9.17, 15) is 4.79 Å². The highest BCUT2D eigenvalue weighted by Gasteiger charge is 2.35. The summed E-state index contributed by atoms with van der Waals surface area (Å²) in [4.78, 5) is 13.3. The Hall–Kier alpha value is -0.610. The fraction of sp³-hybridized carbons (Fsp3) is 0.923. The second-order valence-corrected chi connectivity index (χ2v) is 5.24. The minimum Gasteiger partial charge on any atom is -0.479 e. The highest BCUT2D eigenvalue weighted by molar-refractivity contribution is 5.72. The van der Waals surface area contributed by atoms with Crippen LogP contribution in [0.25, 0.3) is 0 Å². The minimum atomic E-state index is -0.806. The molecule has 1 saturated heterocycles. The van der Waals surface area contributed by atoms with E-state index in [0.29, 0.717) is 6.42 Å². The molecule has 4 heteroatoms. The molecule has 1 saturated carbocycles. The van der Waals surface area contributed by atoms with Crippen molar-refractivity contribution in [3.63, 3.8) is 0 Å². The quantitative estimate of drug-likeness (QED) is 0.739. The molecule has 0 bridgehead atoms. The van der Waals surface area contributed by atoms with Crippen molar-refractivity contribution >= 4 is 5.97 Å². The van der Waals surface area contributed by atoms with Crippen LogP contribution in [0.5, 0.6) is 0 Å². The van der Waals surface area contributed by atoms with Crippen molar-refractivity contribution in [2.24, 2.45) is 0 Å². The first-order valence-corrected chi connectivity index (χ1v) is 6.83. The Balaban J connectivity index is 1.76. The monoisotopic (exact) mass is 241 g/mol. The molecule has 0 aromatic carbocycles. The molecule has 0 aromatic rings. The highest BCUT2D eigenvalue weighted by Crippen LogP contribution is 2.29. The minimum absolute atomic E-state index is 0.133. The van der Waals surface area contributed by atoms with Gasteiger partial charge in [0.2, 0.25) is 0 Å². The molecule has 1 N–H and O–H groups in total. The van der Waals surface area contributed by atoms with Gasteiger partial charge in [-0.3, -0.25) is 4.90 Å². The Morgan fingerprint density at radius 2 is 2.12 bits per heavy atom. The molecule has 0 spiro atoms. The van der Waals surface area contributed by atoms with E-state index in [-0.39, 0.29) is 6.10 Å².